The van der Waals surface area contributed by atoms with Crippen molar-refractivity contribution in [1.82, 2.24) is 20.2 Å². The van der Waals surface area contributed by atoms with Crippen LogP contribution in [-0.2, 0) is 18.4 Å². The monoisotopic (exact) mass is 432 g/mol. The Bertz CT molecular complexity index is 875. The third-order valence-electron chi connectivity index (χ3n) is 5.46. The van der Waals surface area contributed by atoms with Crippen LogP contribution in [0.15, 0.2) is 24.3 Å². The topological polar surface area (TPSA) is 68.6 Å². The Morgan fingerprint density at radius 1 is 1.33 bits per heavy atom. The smallest absolute Gasteiger partial charge is 0.269 e. The number of carbonyl (C=O) groups excluding carboxylic acids is 1. The number of hydroxylamine groups is 2. The van der Waals surface area contributed by atoms with Gasteiger partial charge in [0.2, 0.25) is 0 Å². The zero-order valence-electron chi connectivity index (χ0n) is 17.4. The second-order valence-corrected chi connectivity index (χ2v) is 8.38. The van der Waals surface area contributed by atoms with Crippen molar-refractivity contribution >= 4 is 17.5 Å². The summed E-state index contributed by atoms with van der Waals surface area (Å²) in [5.74, 6) is 1.05. The summed E-state index contributed by atoms with van der Waals surface area (Å²) in [5.41, 5.74) is 2.52. The zero-order chi connectivity index (χ0) is 20.9. The van der Waals surface area contributed by atoms with Crippen LogP contribution in [-0.4, -0.2) is 47.1 Å². The Hall–Kier alpha value is -2.09. The summed E-state index contributed by atoms with van der Waals surface area (Å²) >= 11 is 6.37. The highest BCUT2D eigenvalue weighted by molar-refractivity contribution is 6.32. The molecule has 1 saturated heterocycles. The van der Waals surface area contributed by atoms with Gasteiger partial charge in [-0.25, -0.2) is 0 Å². The van der Waals surface area contributed by atoms with Crippen LogP contribution in [0.2, 0.25) is 5.02 Å². The number of nitrogens with one attached hydrogen (secondary N) is 1. The SMILES string of the molecule is Cn1nc(C2CC2)cc1C(=O)NCc1ccc(OCCCN2CCCCO2)c(Cl)c1. The second-order valence-electron chi connectivity index (χ2n) is 7.97. The third kappa shape index (κ3) is 5.53. The van der Waals surface area contributed by atoms with Gasteiger partial charge in [0.25, 0.3) is 5.91 Å². The van der Waals surface area contributed by atoms with Crippen LogP contribution in [0.5, 0.6) is 5.75 Å². The highest BCUT2D eigenvalue weighted by Gasteiger charge is 2.28. The molecule has 0 atom stereocenters. The number of aromatic nitrogens is 2. The van der Waals surface area contributed by atoms with Gasteiger partial charge in [0, 0.05) is 32.6 Å². The van der Waals surface area contributed by atoms with Crippen LogP contribution >= 0.6 is 11.6 Å². The normalized spacial score (nSPS) is 17.1. The number of hydrogen-bond acceptors (Lipinski definition) is 5. The van der Waals surface area contributed by atoms with Crippen LogP contribution in [0.4, 0.5) is 0 Å². The minimum Gasteiger partial charge on any atom is -0.492 e. The van der Waals surface area contributed by atoms with Gasteiger partial charge in [-0.1, -0.05) is 17.7 Å². The molecule has 1 saturated carbocycles. The van der Waals surface area contributed by atoms with E-state index in [4.69, 9.17) is 21.2 Å². The average Bonchev–Trinajstić information content (AvgIpc) is 3.53. The standard InChI is InChI=1S/C22H29ClN4O3/c1-26-20(14-19(25-26)17-6-7-17)22(28)24-15-16-5-8-21(18(23)13-16)29-11-4-10-27-9-2-3-12-30-27/h5,8,13-14,17H,2-4,6-7,9-12,15H2,1H3,(H,24,28). The van der Waals surface area contributed by atoms with E-state index in [2.05, 4.69) is 10.4 Å². The van der Waals surface area contributed by atoms with Crippen LogP contribution in [0, 0.1) is 0 Å². The number of nitrogens with zero attached hydrogens (tertiary/aromatic N) is 3. The van der Waals surface area contributed by atoms with Gasteiger partial charge in [-0.2, -0.15) is 10.2 Å². The molecule has 1 aliphatic carbocycles. The summed E-state index contributed by atoms with van der Waals surface area (Å²) in [6.07, 6.45) is 5.53. The Balaban J connectivity index is 1.23. The lowest BCUT2D eigenvalue weighted by molar-refractivity contribution is -0.181. The third-order valence-corrected chi connectivity index (χ3v) is 5.76. The summed E-state index contributed by atoms with van der Waals surface area (Å²) in [6, 6.07) is 7.51. The van der Waals surface area contributed by atoms with Gasteiger partial charge in [-0.05, 0) is 55.9 Å². The fourth-order valence-corrected chi connectivity index (χ4v) is 3.83. The largest absolute Gasteiger partial charge is 0.492 e. The van der Waals surface area contributed by atoms with E-state index in [1.165, 1.54) is 6.42 Å². The van der Waals surface area contributed by atoms with Gasteiger partial charge in [0.1, 0.15) is 11.4 Å². The predicted molar refractivity (Wildman–Crippen MR) is 115 cm³/mol. The minimum atomic E-state index is -0.131. The van der Waals surface area contributed by atoms with Crippen molar-refractivity contribution in [2.75, 3.05) is 26.3 Å². The van der Waals surface area contributed by atoms with Crippen LogP contribution in [0.25, 0.3) is 0 Å². The number of rotatable bonds is 9. The summed E-state index contributed by atoms with van der Waals surface area (Å²) in [5, 5.41) is 9.95. The predicted octanol–water partition coefficient (Wildman–Crippen LogP) is 3.68. The van der Waals surface area contributed by atoms with Crippen molar-refractivity contribution < 1.29 is 14.4 Å². The lowest BCUT2D eigenvalue weighted by Crippen LogP contribution is -2.31. The molecule has 1 amide bonds. The van der Waals surface area contributed by atoms with Gasteiger partial charge in [-0.3, -0.25) is 14.3 Å². The van der Waals surface area contributed by atoms with E-state index in [-0.39, 0.29) is 5.91 Å². The number of amides is 1. The van der Waals surface area contributed by atoms with E-state index in [0.29, 0.717) is 35.5 Å². The molecule has 2 fully saturated rings. The Labute approximate surface area is 182 Å². The molecule has 1 aliphatic heterocycles. The van der Waals surface area contributed by atoms with Gasteiger partial charge < -0.3 is 10.1 Å². The van der Waals surface area contributed by atoms with E-state index in [9.17, 15) is 4.79 Å². The molecule has 7 nitrogen and oxygen atoms in total. The number of benzene rings is 1. The molecule has 30 heavy (non-hydrogen) atoms. The molecule has 2 heterocycles. The van der Waals surface area contributed by atoms with Crippen molar-refractivity contribution in [2.24, 2.45) is 7.05 Å². The van der Waals surface area contributed by atoms with Crippen molar-refractivity contribution in [3.8, 4) is 5.75 Å². The van der Waals surface area contributed by atoms with Gasteiger partial charge >= 0.3 is 0 Å². The first-order chi connectivity index (χ1) is 14.6. The molecule has 4 rings (SSSR count). The molecule has 2 aromatic rings. The Morgan fingerprint density at radius 3 is 2.93 bits per heavy atom. The summed E-state index contributed by atoms with van der Waals surface area (Å²) < 4.78 is 7.47. The quantitative estimate of drug-likeness (QED) is 0.612. The first kappa shape index (κ1) is 21.2. The molecule has 2 aliphatic rings. The molecule has 1 aromatic carbocycles. The van der Waals surface area contributed by atoms with Crippen molar-refractivity contribution in [1.29, 1.82) is 0 Å². The second kappa shape index (κ2) is 9.81. The Kier molecular flexibility index (Phi) is 6.92. The summed E-state index contributed by atoms with van der Waals surface area (Å²) in [6.45, 7) is 3.64. The maximum Gasteiger partial charge on any atom is 0.269 e. The van der Waals surface area contributed by atoms with Crippen molar-refractivity contribution in [2.45, 2.75) is 44.6 Å². The first-order valence-electron chi connectivity index (χ1n) is 10.7. The lowest BCUT2D eigenvalue weighted by Gasteiger charge is -2.25. The number of halogens is 1. The fourth-order valence-electron chi connectivity index (χ4n) is 3.57. The van der Waals surface area contributed by atoms with E-state index in [1.54, 1.807) is 11.7 Å². The molecule has 1 N–H and O–H groups in total. The molecule has 0 spiro atoms. The molecule has 162 valence electrons. The molecule has 0 radical (unpaired) electrons. The maximum absolute atomic E-state index is 12.5. The van der Waals surface area contributed by atoms with E-state index in [0.717, 1.165) is 56.6 Å². The van der Waals surface area contributed by atoms with E-state index < -0.39 is 0 Å². The molecule has 0 bridgehead atoms. The summed E-state index contributed by atoms with van der Waals surface area (Å²) in [4.78, 5) is 18.1. The molecular weight excluding hydrogens is 404 g/mol. The molecule has 1 aromatic heterocycles. The molecular formula is C22H29ClN4O3. The first-order valence-corrected chi connectivity index (χ1v) is 11.1. The average molecular weight is 433 g/mol. The number of hydrogen-bond donors (Lipinski definition) is 1. The lowest BCUT2D eigenvalue weighted by atomic mass is 10.2. The van der Waals surface area contributed by atoms with Crippen molar-refractivity contribution in [3.05, 3.63) is 46.2 Å². The van der Waals surface area contributed by atoms with E-state index >= 15 is 0 Å². The van der Waals surface area contributed by atoms with Crippen molar-refractivity contribution in [3.63, 3.8) is 0 Å². The highest BCUT2D eigenvalue weighted by atomic mass is 35.5. The number of carbonyl (C=O) groups is 1. The minimum absolute atomic E-state index is 0.131. The van der Waals surface area contributed by atoms with E-state index in [1.807, 2.05) is 29.3 Å². The molecule has 0 unspecified atom stereocenters. The number of aryl methyl sites for hydroxylation is 1. The van der Waals surface area contributed by atoms with Crippen LogP contribution in [0.3, 0.4) is 0 Å². The fraction of sp³-hybridized carbons (Fsp3) is 0.545. The van der Waals surface area contributed by atoms with Crippen LogP contribution in [0.1, 0.15) is 59.8 Å². The maximum atomic E-state index is 12.5. The molecule has 8 heteroatoms. The van der Waals surface area contributed by atoms with Gasteiger partial charge in [0.15, 0.2) is 0 Å². The van der Waals surface area contributed by atoms with Gasteiger partial charge in [0.05, 0.1) is 23.9 Å². The number of ether oxygens (including phenoxy) is 1. The zero-order valence-corrected chi connectivity index (χ0v) is 18.2. The summed E-state index contributed by atoms with van der Waals surface area (Å²) in [7, 11) is 1.81. The Morgan fingerprint density at radius 2 is 2.20 bits per heavy atom. The van der Waals surface area contributed by atoms with Gasteiger partial charge in [-0.15, -0.1) is 0 Å². The highest BCUT2D eigenvalue weighted by Crippen LogP contribution is 2.39. The van der Waals surface area contributed by atoms with Crippen LogP contribution < -0.4 is 10.1 Å².